The number of nitrogens with one attached hydrogen (secondary N) is 1. The lowest BCUT2D eigenvalue weighted by Crippen LogP contribution is -2.23. The zero-order valence-corrected chi connectivity index (χ0v) is 16.2. The van der Waals surface area contributed by atoms with Gasteiger partial charge in [0.2, 0.25) is 11.8 Å². The van der Waals surface area contributed by atoms with Crippen molar-refractivity contribution < 1.29 is 14.3 Å². The second-order valence-electron chi connectivity index (χ2n) is 6.34. The summed E-state index contributed by atoms with van der Waals surface area (Å²) in [6.07, 6.45) is 1.73. The van der Waals surface area contributed by atoms with Crippen LogP contribution in [0, 0.1) is 0 Å². The van der Waals surface area contributed by atoms with E-state index in [1.54, 1.807) is 18.2 Å². The maximum atomic E-state index is 12.1. The van der Waals surface area contributed by atoms with Gasteiger partial charge >= 0.3 is 0 Å². The summed E-state index contributed by atoms with van der Waals surface area (Å²) in [5, 5.41) is 3.72. The van der Waals surface area contributed by atoms with Crippen molar-refractivity contribution >= 4 is 40.7 Å². The molecule has 0 spiro atoms. The number of hydrogen-bond donors (Lipinski definition) is 1. The fourth-order valence-corrected chi connectivity index (χ4v) is 3.18. The van der Waals surface area contributed by atoms with Crippen molar-refractivity contribution in [1.82, 2.24) is 4.90 Å². The zero-order valence-electron chi connectivity index (χ0n) is 14.7. The lowest BCUT2D eigenvalue weighted by atomic mass is 10.2. The van der Waals surface area contributed by atoms with Gasteiger partial charge in [-0.3, -0.25) is 9.59 Å². The van der Waals surface area contributed by atoms with Gasteiger partial charge in [0.1, 0.15) is 5.75 Å². The predicted octanol–water partition coefficient (Wildman–Crippen LogP) is 4.52. The molecule has 1 aliphatic rings. The molecule has 7 heteroatoms. The van der Waals surface area contributed by atoms with E-state index in [0.29, 0.717) is 34.4 Å². The number of nitrogens with zero attached hydrogens (tertiary/aromatic N) is 1. The number of likely N-dealkylation sites (tertiary alicyclic amines) is 1. The molecule has 1 aliphatic heterocycles. The molecule has 0 aliphatic carbocycles. The van der Waals surface area contributed by atoms with Gasteiger partial charge in [-0.25, -0.2) is 0 Å². The first kappa shape index (κ1) is 19.5. The quantitative estimate of drug-likeness (QED) is 0.734. The van der Waals surface area contributed by atoms with Crippen LogP contribution in [-0.2, 0) is 16.1 Å². The van der Waals surface area contributed by atoms with Crippen LogP contribution in [0.25, 0.3) is 0 Å². The molecule has 1 fully saturated rings. The molecule has 0 aromatic heterocycles. The molecule has 0 atom stereocenters. The van der Waals surface area contributed by atoms with Crippen molar-refractivity contribution in [1.29, 1.82) is 0 Å². The highest BCUT2D eigenvalue weighted by Gasteiger charge is 2.20. The van der Waals surface area contributed by atoms with E-state index < -0.39 is 0 Å². The fourth-order valence-electron chi connectivity index (χ4n) is 2.89. The van der Waals surface area contributed by atoms with Crippen LogP contribution in [0.15, 0.2) is 42.5 Å². The second kappa shape index (κ2) is 9.11. The van der Waals surface area contributed by atoms with Gasteiger partial charge in [0.05, 0.1) is 23.1 Å². The summed E-state index contributed by atoms with van der Waals surface area (Å²) in [5.41, 5.74) is 1.70. The Morgan fingerprint density at radius 1 is 1.15 bits per heavy atom. The first-order chi connectivity index (χ1) is 13.0. The monoisotopic (exact) mass is 406 g/mol. The van der Waals surface area contributed by atoms with E-state index in [1.807, 2.05) is 29.2 Å². The number of benzene rings is 2. The molecular formula is C20H20Cl2N2O3. The van der Waals surface area contributed by atoms with Crippen molar-refractivity contribution in [3.63, 3.8) is 0 Å². The minimum atomic E-state index is -0.149. The van der Waals surface area contributed by atoms with E-state index in [9.17, 15) is 9.59 Å². The normalized spacial score (nSPS) is 13.7. The smallest absolute Gasteiger partial charge is 0.227 e. The van der Waals surface area contributed by atoms with Crippen LogP contribution in [-0.4, -0.2) is 29.9 Å². The van der Waals surface area contributed by atoms with Gasteiger partial charge in [0.25, 0.3) is 0 Å². The number of carbonyl (C=O) groups excluding carboxylic acids is 2. The van der Waals surface area contributed by atoms with Crippen molar-refractivity contribution in [2.24, 2.45) is 0 Å². The van der Waals surface area contributed by atoms with Gasteiger partial charge in [-0.1, -0.05) is 35.3 Å². The van der Waals surface area contributed by atoms with Crippen LogP contribution in [0.2, 0.25) is 10.0 Å². The van der Waals surface area contributed by atoms with Gasteiger partial charge in [-0.2, -0.15) is 0 Å². The lowest BCUT2D eigenvalue weighted by molar-refractivity contribution is -0.128. The van der Waals surface area contributed by atoms with Crippen LogP contribution in [0.5, 0.6) is 5.75 Å². The molecule has 5 nitrogen and oxygen atoms in total. The van der Waals surface area contributed by atoms with Gasteiger partial charge in [-0.15, -0.1) is 0 Å². The van der Waals surface area contributed by atoms with Gasteiger partial charge in [0.15, 0.2) is 0 Å². The highest BCUT2D eigenvalue weighted by molar-refractivity contribution is 6.42. The molecule has 1 heterocycles. The van der Waals surface area contributed by atoms with Crippen LogP contribution in [0.4, 0.5) is 5.69 Å². The molecule has 0 bridgehead atoms. The third-order valence-electron chi connectivity index (χ3n) is 4.24. The number of carbonyl (C=O) groups is 2. The molecule has 0 radical (unpaired) electrons. The number of halogens is 2. The summed E-state index contributed by atoms with van der Waals surface area (Å²) in [7, 11) is 0. The minimum absolute atomic E-state index is 0.149. The first-order valence-electron chi connectivity index (χ1n) is 8.76. The number of hydrogen-bond acceptors (Lipinski definition) is 3. The third-order valence-corrected chi connectivity index (χ3v) is 4.98. The fraction of sp³-hybridized carbons (Fsp3) is 0.300. The van der Waals surface area contributed by atoms with E-state index in [-0.39, 0.29) is 24.8 Å². The number of ether oxygens (including phenoxy) is 1. The highest BCUT2D eigenvalue weighted by Crippen LogP contribution is 2.26. The Morgan fingerprint density at radius 2 is 2.00 bits per heavy atom. The van der Waals surface area contributed by atoms with Crippen molar-refractivity contribution in [3.05, 3.63) is 58.1 Å². The molecule has 1 N–H and O–H groups in total. The molecule has 3 rings (SSSR count). The number of rotatable bonds is 7. The van der Waals surface area contributed by atoms with Crippen LogP contribution >= 0.6 is 23.2 Å². The summed E-state index contributed by atoms with van der Waals surface area (Å²) in [5.74, 6) is 0.600. The summed E-state index contributed by atoms with van der Waals surface area (Å²) in [4.78, 5) is 25.7. The van der Waals surface area contributed by atoms with Crippen LogP contribution < -0.4 is 10.1 Å². The summed E-state index contributed by atoms with van der Waals surface area (Å²) < 4.78 is 5.53. The van der Waals surface area contributed by atoms with Gasteiger partial charge < -0.3 is 15.0 Å². The Labute approximate surface area is 168 Å². The van der Waals surface area contributed by atoms with E-state index in [1.165, 1.54) is 0 Å². The lowest BCUT2D eigenvalue weighted by Gasteiger charge is -2.16. The first-order valence-corrected chi connectivity index (χ1v) is 9.51. The van der Waals surface area contributed by atoms with Crippen molar-refractivity contribution in [3.8, 4) is 5.75 Å². The standard InChI is InChI=1S/C20H20Cl2N2O3/c21-17-7-6-16(12-18(17)22)27-10-8-19(25)23-15-4-1-3-14(11-15)13-24-9-2-5-20(24)26/h1,3-4,6-7,11-12H,2,5,8-10,13H2,(H,23,25). The second-order valence-corrected chi connectivity index (χ2v) is 7.16. The molecule has 2 aromatic carbocycles. The topological polar surface area (TPSA) is 58.6 Å². The SMILES string of the molecule is O=C(CCOc1ccc(Cl)c(Cl)c1)Nc1cccc(CN2CCCC2=O)c1. The Bertz CT molecular complexity index is 842. The van der Waals surface area contributed by atoms with E-state index in [4.69, 9.17) is 27.9 Å². The Morgan fingerprint density at radius 3 is 2.74 bits per heavy atom. The Hall–Kier alpha value is -2.24. The molecule has 0 unspecified atom stereocenters. The molecule has 0 saturated carbocycles. The maximum absolute atomic E-state index is 12.1. The van der Waals surface area contributed by atoms with Crippen molar-refractivity contribution in [2.75, 3.05) is 18.5 Å². The van der Waals surface area contributed by atoms with Crippen molar-refractivity contribution in [2.45, 2.75) is 25.8 Å². The maximum Gasteiger partial charge on any atom is 0.227 e. The number of amides is 2. The molecular weight excluding hydrogens is 387 g/mol. The van der Waals surface area contributed by atoms with E-state index in [0.717, 1.165) is 18.5 Å². The average Bonchev–Trinajstić information content (AvgIpc) is 3.03. The summed E-state index contributed by atoms with van der Waals surface area (Å²) >= 11 is 11.8. The Balaban J connectivity index is 1.48. The largest absolute Gasteiger partial charge is 0.493 e. The minimum Gasteiger partial charge on any atom is -0.493 e. The average molecular weight is 407 g/mol. The predicted molar refractivity (Wildman–Crippen MR) is 106 cm³/mol. The van der Waals surface area contributed by atoms with Gasteiger partial charge in [0, 0.05) is 31.3 Å². The molecule has 142 valence electrons. The number of anilines is 1. The van der Waals surface area contributed by atoms with E-state index in [2.05, 4.69) is 5.32 Å². The zero-order chi connectivity index (χ0) is 19.2. The summed E-state index contributed by atoms with van der Waals surface area (Å²) in [6.45, 7) is 1.59. The molecule has 2 aromatic rings. The Kier molecular flexibility index (Phi) is 6.58. The molecule has 1 saturated heterocycles. The molecule has 27 heavy (non-hydrogen) atoms. The third kappa shape index (κ3) is 5.62. The van der Waals surface area contributed by atoms with E-state index >= 15 is 0 Å². The van der Waals surface area contributed by atoms with Crippen LogP contribution in [0.1, 0.15) is 24.8 Å². The van der Waals surface area contributed by atoms with Crippen LogP contribution in [0.3, 0.4) is 0 Å². The molecule has 2 amide bonds. The highest BCUT2D eigenvalue weighted by atomic mass is 35.5. The van der Waals surface area contributed by atoms with Gasteiger partial charge in [-0.05, 0) is 36.2 Å². The summed E-state index contributed by atoms with van der Waals surface area (Å²) in [6, 6.07) is 12.5.